The van der Waals surface area contributed by atoms with Crippen LogP contribution < -0.4 is 20.5 Å². The Bertz CT molecular complexity index is 934. The number of amides is 1. The number of carboxylic acids is 1. The summed E-state index contributed by atoms with van der Waals surface area (Å²) < 4.78 is 11.5. The molecule has 0 atom stereocenters. The van der Waals surface area contributed by atoms with Crippen LogP contribution in [0.25, 0.3) is 0 Å². The van der Waals surface area contributed by atoms with Crippen LogP contribution in [0, 0.1) is 0 Å². The van der Waals surface area contributed by atoms with E-state index >= 15 is 0 Å². The first-order valence-corrected chi connectivity index (χ1v) is 8.83. The van der Waals surface area contributed by atoms with E-state index in [1.54, 1.807) is 25.4 Å². The molecule has 1 amide bonds. The number of hydrogen-bond acceptors (Lipinski definition) is 5. The van der Waals surface area contributed by atoms with Crippen molar-refractivity contribution < 1.29 is 24.2 Å². The smallest absolute Gasteiger partial charge is 0.335 e. The summed E-state index contributed by atoms with van der Waals surface area (Å²) in [6.07, 6.45) is 2.91. The van der Waals surface area contributed by atoms with Gasteiger partial charge in [0.15, 0.2) is 0 Å². The molecule has 4 N–H and O–H groups in total. The standard InChI is InChI=1S/C21H23N3O5/c1-13(2)28-17-10-15(20(25)24-19(22)8-9-23-3)11-18(12-17)29-16-6-4-14(5-7-16)21(26)27/h4-13,23H,1-3H3,(H,26,27)(H2,22,24,25)/b9-8-. The molecule has 2 aromatic carbocycles. The van der Waals surface area contributed by atoms with Gasteiger partial charge in [-0.25, -0.2) is 4.79 Å². The largest absolute Gasteiger partial charge is 0.491 e. The number of nitrogens with two attached hydrogens (primary N) is 1. The number of carboxylic acid groups (broad SMARTS) is 1. The molecule has 0 bridgehead atoms. The Morgan fingerprint density at radius 3 is 2.31 bits per heavy atom. The van der Waals surface area contributed by atoms with Crippen molar-refractivity contribution in [3.8, 4) is 17.2 Å². The second-order valence-corrected chi connectivity index (χ2v) is 6.26. The third kappa shape index (κ3) is 6.69. The lowest BCUT2D eigenvalue weighted by Gasteiger charge is -2.13. The SMILES string of the molecule is CN/C=C\C(N)=NC(=O)c1cc(Oc2ccc(C(=O)O)cc2)cc(OC(C)C)c1. The maximum absolute atomic E-state index is 12.5. The van der Waals surface area contributed by atoms with E-state index in [9.17, 15) is 9.59 Å². The van der Waals surface area contributed by atoms with Gasteiger partial charge < -0.3 is 25.6 Å². The van der Waals surface area contributed by atoms with E-state index < -0.39 is 11.9 Å². The first-order chi connectivity index (χ1) is 13.8. The summed E-state index contributed by atoms with van der Waals surface area (Å²) in [6, 6.07) is 10.6. The predicted molar refractivity (Wildman–Crippen MR) is 110 cm³/mol. The summed E-state index contributed by atoms with van der Waals surface area (Å²) in [4.78, 5) is 27.3. The number of ether oxygens (including phenoxy) is 2. The number of aromatic carboxylic acids is 1. The maximum atomic E-state index is 12.5. The van der Waals surface area contributed by atoms with E-state index in [0.717, 1.165) is 0 Å². The highest BCUT2D eigenvalue weighted by Crippen LogP contribution is 2.28. The highest BCUT2D eigenvalue weighted by molar-refractivity contribution is 6.06. The molecule has 0 radical (unpaired) electrons. The lowest BCUT2D eigenvalue weighted by atomic mass is 10.2. The normalized spacial score (nSPS) is 11.5. The van der Waals surface area contributed by atoms with Gasteiger partial charge in [0.1, 0.15) is 23.1 Å². The van der Waals surface area contributed by atoms with Gasteiger partial charge in [-0.1, -0.05) is 0 Å². The fourth-order valence-corrected chi connectivity index (χ4v) is 2.28. The van der Waals surface area contributed by atoms with Crippen LogP contribution in [0.4, 0.5) is 0 Å². The minimum Gasteiger partial charge on any atom is -0.491 e. The second kappa shape index (κ2) is 9.93. The van der Waals surface area contributed by atoms with E-state index in [-0.39, 0.29) is 23.1 Å². The van der Waals surface area contributed by atoms with Crippen LogP contribution in [0.15, 0.2) is 59.7 Å². The molecule has 0 aliphatic carbocycles. The van der Waals surface area contributed by atoms with Crippen molar-refractivity contribution in [2.24, 2.45) is 10.7 Å². The third-order valence-corrected chi connectivity index (χ3v) is 3.49. The highest BCUT2D eigenvalue weighted by Gasteiger charge is 2.12. The number of nitrogens with one attached hydrogen (secondary N) is 1. The molecule has 29 heavy (non-hydrogen) atoms. The van der Waals surface area contributed by atoms with Gasteiger partial charge in [0.25, 0.3) is 5.91 Å². The number of amidine groups is 1. The van der Waals surface area contributed by atoms with Crippen molar-refractivity contribution in [1.29, 1.82) is 0 Å². The van der Waals surface area contributed by atoms with Crippen molar-refractivity contribution >= 4 is 17.7 Å². The molecule has 0 spiro atoms. The molecule has 0 unspecified atom stereocenters. The number of benzene rings is 2. The number of aliphatic imine (C=N–C) groups is 1. The van der Waals surface area contributed by atoms with Gasteiger partial charge in [0, 0.05) is 18.7 Å². The molecule has 0 aliphatic heterocycles. The molecule has 0 aliphatic rings. The van der Waals surface area contributed by atoms with Crippen molar-refractivity contribution in [2.75, 3.05) is 7.05 Å². The lowest BCUT2D eigenvalue weighted by Crippen LogP contribution is -2.13. The van der Waals surface area contributed by atoms with Gasteiger partial charge in [-0.2, -0.15) is 4.99 Å². The molecule has 8 heteroatoms. The number of nitrogens with zero attached hydrogens (tertiary/aromatic N) is 1. The zero-order chi connectivity index (χ0) is 21.4. The Labute approximate surface area is 168 Å². The van der Waals surface area contributed by atoms with Crippen molar-refractivity contribution in [2.45, 2.75) is 20.0 Å². The van der Waals surface area contributed by atoms with Crippen LogP contribution in [-0.2, 0) is 0 Å². The molecular formula is C21H23N3O5. The summed E-state index contributed by atoms with van der Waals surface area (Å²) in [5.41, 5.74) is 6.09. The van der Waals surface area contributed by atoms with E-state index in [0.29, 0.717) is 17.2 Å². The molecular weight excluding hydrogens is 374 g/mol. The Kier molecular flexibility index (Phi) is 7.36. The van der Waals surface area contributed by atoms with Crippen LogP contribution in [0.2, 0.25) is 0 Å². The van der Waals surface area contributed by atoms with E-state index in [2.05, 4.69) is 10.3 Å². The van der Waals surface area contributed by atoms with Crippen LogP contribution in [0.5, 0.6) is 17.2 Å². The molecule has 0 fully saturated rings. The summed E-state index contributed by atoms with van der Waals surface area (Å²) in [7, 11) is 1.70. The van der Waals surface area contributed by atoms with Gasteiger partial charge in [-0.05, 0) is 62.5 Å². The highest BCUT2D eigenvalue weighted by atomic mass is 16.5. The van der Waals surface area contributed by atoms with Crippen molar-refractivity contribution in [3.05, 3.63) is 65.9 Å². The second-order valence-electron chi connectivity index (χ2n) is 6.26. The Balaban J connectivity index is 2.33. The van der Waals surface area contributed by atoms with E-state index in [1.165, 1.54) is 36.4 Å². The zero-order valence-electron chi connectivity index (χ0n) is 16.4. The van der Waals surface area contributed by atoms with Gasteiger partial charge in [0.2, 0.25) is 0 Å². The molecule has 0 saturated heterocycles. The lowest BCUT2D eigenvalue weighted by molar-refractivity contribution is 0.0696. The zero-order valence-corrected chi connectivity index (χ0v) is 16.4. The molecule has 0 aromatic heterocycles. The average molecular weight is 397 g/mol. The summed E-state index contributed by atoms with van der Waals surface area (Å²) in [5, 5.41) is 11.7. The third-order valence-electron chi connectivity index (χ3n) is 3.49. The number of hydrogen-bond donors (Lipinski definition) is 3. The van der Waals surface area contributed by atoms with Gasteiger partial charge in [-0.15, -0.1) is 0 Å². The number of rotatable bonds is 8. The molecule has 2 rings (SSSR count). The Morgan fingerprint density at radius 1 is 1.07 bits per heavy atom. The summed E-state index contributed by atoms with van der Waals surface area (Å²) >= 11 is 0. The van der Waals surface area contributed by atoms with Gasteiger partial charge >= 0.3 is 5.97 Å². The van der Waals surface area contributed by atoms with E-state index in [4.69, 9.17) is 20.3 Å². The Hall–Kier alpha value is -3.81. The van der Waals surface area contributed by atoms with Crippen molar-refractivity contribution in [3.63, 3.8) is 0 Å². The Morgan fingerprint density at radius 2 is 1.72 bits per heavy atom. The molecule has 8 nitrogen and oxygen atoms in total. The first-order valence-electron chi connectivity index (χ1n) is 8.83. The fraction of sp³-hybridized carbons (Fsp3) is 0.190. The van der Waals surface area contributed by atoms with Crippen LogP contribution in [0.3, 0.4) is 0 Å². The molecule has 152 valence electrons. The molecule has 0 heterocycles. The van der Waals surface area contributed by atoms with Gasteiger partial charge in [0.05, 0.1) is 11.7 Å². The van der Waals surface area contributed by atoms with Crippen LogP contribution in [0.1, 0.15) is 34.6 Å². The number of carbonyl (C=O) groups is 2. The van der Waals surface area contributed by atoms with Crippen molar-refractivity contribution in [1.82, 2.24) is 5.32 Å². The van der Waals surface area contributed by atoms with Gasteiger partial charge in [-0.3, -0.25) is 4.79 Å². The molecule has 0 saturated carbocycles. The maximum Gasteiger partial charge on any atom is 0.335 e. The quantitative estimate of drug-likeness (QED) is 0.462. The van der Waals surface area contributed by atoms with Crippen LogP contribution in [-0.4, -0.2) is 36.0 Å². The summed E-state index contributed by atoms with van der Waals surface area (Å²) in [6.45, 7) is 3.72. The van der Waals surface area contributed by atoms with Crippen LogP contribution >= 0.6 is 0 Å². The summed E-state index contributed by atoms with van der Waals surface area (Å²) in [5.74, 6) is -0.346. The predicted octanol–water partition coefficient (Wildman–Crippen LogP) is 3.19. The minimum absolute atomic E-state index is 0.0475. The first kappa shape index (κ1) is 21.5. The van der Waals surface area contributed by atoms with E-state index in [1.807, 2.05) is 13.8 Å². The fourth-order valence-electron chi connectivity index (χ4n) is 2.28. The minimum atomic E-state index is -1.03. The topological polar surface area (TPSA) is 123 Å². The molecule has 2 aromatic rings. The monoisotopic (exact) mass is 397 g/mol. The number of carbonyl (C=O) groups excluding carboxylic acids is 1. The average Bonchev–Trinajstić information content (AvgIpc) is 2.66.